The van der Waals surface area contributed by atoms with Crippen molar-refractivity contribution in [1.29, 1.82) is 0 Å². The summed E-state index contributed by atoms with van der Waals surface area (Å²) >= 11 is 1.54. The van der Waals surface area contributed by atoms with Crippen LogP contribution in [0.15, 0.2) is 41.4 Å². The van der Waals surface area contributed by atoms with Crippen molar-refractivity contribution in [2.45, 2.75) is 17.6 Å². The van der Waals surface area contributed by atoms with Crippen molar-refractivity contribution in [1.82, 2.24) is 4.98 Å². The number of hydrogen-bond acceptors (Lipinski definition) is 5. The minimum atomic E-state index is -0.977. The van der Waals surface area contributed by atoms with E-state index in [1.165, 1.54) is 18.0 Å². The number of benzene rings is 1. The molecule has 2 rings (SSSR count). The Kier molecular flexibility index (Phi) is 5.05. The molecule has 2 aromatic rings. The van der Waals surface area contributed by atoms with Crippen LogP contribution in [0.5, 0.6) is 5.75 Å². The number of pyridine rings is 1. The molecule has 0 atom stereocenters. The third kappa shape index (κ3) is 4.13. The summed E-state index contributed by atoms with van der Waals surface area (Å²) in [6.45, 7) is 2.53. The molecule has 1 aromatic heterocycles. The van der Waals surface area contributed by atoms with Crippen LogP contribution in [0.2, 0.25) is 0 Å². The molecule has 0 aliphatic rings. The number of ether oxygens (including phenoxy) is 1. The molecule has 0 saturated heterocycles. The molecule has 0 aliphatic carbocycles. The molecular weight excluding hydrogens is 288 g/mol. The Morgan fingerprint density at radius 1 is 1.38 bits per heavy atom. The van der Waals surface area contributed by atoms with Gasteiger partial charge in [-0.1, -0.05) is 0 Å². The summed E-state index contributed by atoms with van der Waals surface area (Å²) in [5.41, 5.74) is 7.60. The molecule has 1 heterocycles. The molecule has 0 aliphatic heterocycles. The molecule has 0 saturated carbocycles. The first kappa shape index (κ1) is 15.2. The molecular formula is C15H16N2O3S. The Balaban J connectivity index is 2.05. The van der Waals surface area contributed by atoms with Crippen LogP contribution in [0.25, 0.3) is 0 Å². The smallest absolute Gasteiger partial charge is 0.337 e. The average Bonchev–Trinajstić information content (AvgIpc) is 2.48. The number of anilines is 1. The van der Waals surface area contributed by atoms with E-state index in [1.807, 2.05) is 25.1 Å². The first-order valence-electron chi connectivity index (χ1n) is 6.43. The van der Waals surface area contributed by atoms with Gasteiger partial charge in [-0.25, -0.2) is 4.79 Å². The van der Waals surface area contributed by atoms with Gasteiger partial charge in [0.2, 0.25) is 0 Å². The quantitative estimate of drug-likeness (QED) is 0.630. The van der Waals surface area contributed by atoms with Crippen LogP contribution in [0, 0.1) is 0 Å². The van der Waals surface area contributed by atoms with Crippen molar-refractivity contribution in [2.24, 2.45) is 0 Å². The van der Waals surface area contributed by atoms with Gasteiger partial charge in [-0.05, 0) is 37.3 Å². The largest absolute Gasteiger partial charge is 0.494 e. The lowest BCUT2D eigenvalue weighted by Crippen LogP contribution is -1.98. The van der Waals surface area contributed by atoms with Gasteiger partial charge < -0.3 is 15.6 Å². The third-order valence-electron chi connectivity index (χ3n) is 2.74. The van der Waals surface area contributed by atoms with Gasteiger partial charge in [-0.15, -0.1) is 11.8 Å². The van der Waals surface area contributed by atoms with Crippen LogP contribution in [-0.2, 0) is 5.75 Å². The maximum atomic E-state index is 10.8. The van der Waals surface area contributed by atoms with Crippen molar-refractivity contribution >= 4 is 23.4 Å². The summed E-state index contributed by atoms with van der Waals surface area (Å²) in [5.74, 6) is 0.415. The number of nitrogen functional groups attached to an aromatic ring is 1. The Labute approximate surface area is 127 Å². The number of rotatable bonds is 6. The zero-order valence-electron chi connectivity index (χ0n) is 11.6. The maximum absolute atomic E-state index is 10.8. The van der Waals surface area contributed by atoms with Gasteiger partial charge >= 0.3 is 5.97 Å². The van der Waals surface area contributed by atoms with Crippen LogP contribution in [-0.4, -0.2) is 22.7 Å². The second kappa shape index (κ2) is 6.99. The highest BCUT2D eigenvalue weighted by Gasteiger charge is 2.06. The minimum absolute atomic E-state index is 0.182. The molecule has 0 unspecified atom stereocenters. The standard InChI is InChI=1S/C15H16N2O3S/c1-2-20-12-5-6-13(16)14(7-12)21-9-11-4-3-10(8-17-11)15(18)19/h3-8H,2,9,16H2,1H3,(H,18,19). The molecule has 5 nitrogen and oxygen atoms in total. The lowest BCUT2D eigenvalue weighted by molar-refractivity contribution is 0.0696. The zero-order valence-corrected chi connectivity index (χ0v) is 12.4. The highest BCUT2D eigenvalue weighted by molar-refractivity contribution is 7.98. The Bertz CT molecular complexity index is 629. The Morgan fingerprint density at radius 3 is 2.81 bits per heavy atom. The van der Waals surface area contributed by atoms with Crippen LogP contribution < -0.4 is 10.5 Å². The van der Waals surface area contributed by atoms with Crippen molar-refractivity contribution < 1.29 is 14.6 Å². The average molecular weight is 304 g/mol. The lowest BCUT2D eigenvalue weighted by Gasteiger charge is -2.09. The second-order valence-electron chi connectivity index (χ2n) is 4.26. The normalized spacial score (nSPS) is 10.3. The van der Waals surface area contributed by atoms with Crippen molar-refractivity contribution in [3.8, 4) is 5.75 Å². The molecule has 0 spiro atoms. The summed E-state index contributed by atoms with van der Waals surface area (Å²) in [5, 5.41) is 8.83. The molecule has 110 valence electrons. The van der Waals surface area contributed by atoms with E-state index in [-0.39, 0.29) is 5.56 Å². The molecule has 6 heteroatoms. The zero-order chi connectivity index (χ0) is 15.2. The Morgan fingerprint density at radius 2 is 2.19 bits per heavy atom. The number of carbonyl (C=O) groups is 1. The van der Waals surface area contributed by atoms with E-state index >= 15 is 0 Å². The summed E-state index contributed by atoms with van der Waals surface area (Å²) in [4.78, 5) is 15.8. The SMILES string of the molecule is CCOc1ccc(N)c(SCc2ccc(C(=O)O)cn2)c1. The van der Waals surface area contributed by atoms with Crippen molar-refractivity contribution in [3.63, 3.8) is 0 Å². The molecule has 0 bridgehead atoms. The number of nitrogens with two attached hydrogens (primary N) is 1. The number of nitrogens with zero attached hydrogens (tertiary/aromatic N) is 1. The van der Waals surface area contributed by atoms with E-state index in [0.29, 0.717) is 18.0 Å². The molecule has 1 aromatic carbocycles. The van der Waals surface area contributed by atoms with E-state index in [4.69, 9.17) is 15.6 Å². The lowest BCUT2D eigenvalue weighted by atomic mass is 10.2. The second-order valence-corrected chi connectivity index (χ2v) is 5.28. The van der Waals surface area contributed by atoms with Crippen molar-refractivity contribution in [3.05, 3.63) is 47.8 Å². The number of carboxylic acid groups (broad SMARTS) is 1. The van der Waals surface area contributed by atoms with Gasteiger partial charge in [-0.3, -0.25) is 4.98 Å². The molecule has 0 fully saturated rings. The van der Waals surface area contributed by atoms with E-state index in [1.54, 1.807) is 12.1 Å². The number of aromatic carboxylic acids is 1. The summed E-state index contributed by atoms with van der Waals surface area (Å²) in [6.07, 6.45) is 1.36. The summed E-state index contributed by atoms with van der Waals surface area (Å²) in [6, 6.07) is 8.80. The van der Waals surface area contributed by atoms with E-state index in [9.17, 15) is 4.79 Å². The van der Waals surface area contributed by atoms with Gasteiger partial charge in [0.15, 0.2) is 0 Å². The van der Waals surface area contributed by atoms with Crippen molar-refractivity contribution in [2.75, 3.05) is 12.3 Å². The third-order valence-corrected chi connectivity index (χ3v) is 3.85. The maximum Gasteiger partial charge on any atom is 0.337 e. The van der Waals surface area contributed by atoms with Gasteiger partial charge in [-0.2, -0.15) is 0 Å². The topological polar surface area (TPSA) is 85.4 Å². The highest BCUT2D eigenvalue weighted by Crippen LogP contribution is 2.31. The minimum Gasteiger partial charge on any atom is -0.494 e. The van der Waals surface area contributed by atoms with Gasteiger partial charge in [0.05, 0.1) is 17.9 Å². The van der Waals surface area contributed by atoms with E-state index in [2.05, 4.69) is 4.98 Å². The predicted molar refractivity (Wildman–Crippen MR) is 82.8 cm³/mol. The molecule has 3 N–H and O–H groups in total. The molecule has 0 amide bonds. The number of carboxylic acids is 1. The van der Waals surface area contributed by atoms with Crippen LogP contribution in [0.3, 0.4) is 0 Å². The summed E-state index contributed by atoms with van der Waals surface area (Å²) in [7, 11) is 0. The van der Waals surface area contributed by atoms with Crippen LogP contribution in [0.1, 0.15) is 23.0 Å². The monoisotopic (exact) mass is 304 g/mol. The van der Waals surface area contributed by atoms with E-state index in [0.717, 1.165) is 16.3 Å². The number of thioether (sulfide) groups is 1. The number of aromatic nitrogens is 1. The fourth-order valence-corrected chi connectivity index (χ4v) is 2.59. The van der Waals surface area contributed by atoms with Crippen LogP contribution in [0.4, 0.5) is 5.69 Å². The molecule has 21 heavy (non-hydrogen) atoms. The first-order chi connectivity index (χ1) is 10.1. The first-order valence-corrected chi connectivity index (χ1v) is 7.42. The van der Waals surface area contributed by atoms with Gasteiger partial charge in [0.25, 0.3) is 0 Å². The summed E-state index contributed by atoms with van der Waals surface area (Å²) < 4.78 is 5.45. The van der Waals surface area contributed by atoms with Crippen LogP contribution >= 0.6 is 11.8 Å². The van der Waals surface area contributed by atoms with E-state index < -0.39 is 5.97 Å². The molecule has 0 radical (unpaired) electrons. The fraction of sp³-hybridized carbons (Fsp3) is 0.200. The van der Waals surface area contributed by atoms with Gasteiger partial charge in [0, 0.05) is 22.5 Å². The highest BCUT2D eigenvalue weighted by atomic mass is 32.2. The predicted octanol–water partition coefficient (Wildman–Crippen LogP) is 3.05. The number of hydrogen-bond donors (Lipinski definition) is 2. The fourth-order valence-electron chi connectivity index (χ4n) is 1.68. The van der Waals surface area contributed by atoms with Gasteiger partial charge in [0.1, 0.15) is 5.75 Å². The Hall–Kier alpha value is -2.21.